The standard InChI is InChI=1S/C11H22N2O/c1-10-9-12-5-6-13(10)11-3-2-7-14-8-4-11/h10-12H,2-9H2,1H3. The van der Waals surface area contributed by atoms with Crippen LogP contribution in [0.2, 0.25) is 0 Å². The van der Waals surface area contributed by atoms with Gasteiger partial charge in [0.2, 0.25) is 0 Å². The van der Waals surface area contributed by atoms with Crippen LogP contribution in [0.1, 0.15) is 26.2 Å². The van der Waals surface area contributed by atoms with Gasteiger partial charge in [-0.3, -0.25) is 4.90 Å². The van der Waals surface area contributed by atoms with Gasteiger partial charge in [-0.25, -0.2) is 0 Å². The van der Waals surface area contributed by atoms with E-state index in [0.717, 1.165) is 32.3 Å². The van der Waals surface area contributed by atoms with E-state index in [1.807, 2.05) is 0 Å². The highest BCUT2D eigenvalue weighted by atomic mass is 16.5. The molecule has 0 aromatic heterocycles. The van der Waals surface area contributed by atoms with Crippen molar-refractivity contribution in [2.24, 2.45) is 0 Å². The van der Waals surface area contributed by atoms with Gasteiger partial charge < -0.3 is 10.1 Å². The molecule has 2 saturated heterocycles. The Morgan fingerprint density at radius 2 is 2.21 bits per heavy atom. The molecule has 0 radical (unpaired) electrons. The fraction of sp³-hybridized carbons (Fsp3) is 1.00. The number of nitrogens with zero attached hydrogens (tertiary/aromatic N) is 1. The largest absolute Gasteiger partial charge is 0.381 e. The van der Waals surface area contributed by atoms with E-state index in [9.17, 15) is 0 Å². The summed E-state index contributed by atoms with van der Waals surface area (Å²) < 4.78 is 5.51. The van der Waals surface area contributed by atoms with Gasteiger partial charge in [-0.05, 0) is 26.2 Å². The van der Waals surface area contributed by atoms with Crippen LogP contribution in [0.15, 0.2) is 0 Å². The van der Waals surface area contributed by atoms with Crippen molar-refractivity contribution in [3.05, 3.63) is 0 Å². The smallest absolute Gasteiger partial charge is 0.0480 e. The molecule has 0 aliphatic carbocycles. The monoisotopic (exact) mass is 198 g/mol. The first-order chi connectivity index (χ1) is 6.88. The molecule has 2 fully saturated rings. The van der Waals surface area contributed by atoms with Gasteiger partial charge in [0.1, 0.15) is 0 Å². The van der Waals surface area contributed by atoms with Crippen molar-refractivity contribution in [2.45, 2.75) is 38.3 Å². The van der Waals surface area contributed by atoms with Gasteiger partial charge in [0.25, 0.3) is 0 Å². The third-order valence-electron chi connectivity index (χ3n) is 3.44. The predicted octanol–water partition coefficient (Wildman–Crippen LogP) is 0.849. The fourth-order valence-electron chi connectivity index (χ4n) is 2.62. The Morgan fingerprint density at radius 1 is 1.29 bits per heavy atom. The van der Waals surface area contributed by atoms with Gasteiger partial charge in [0, 0.05) is 44.9 Å². The summed E-state index contributed by atoms with van der Waals surface area (Å²) >= 11 is 0. The summed E-state index contributed by atoms with van der Waals surface area (Å²) in [5.41, 5.74) is 0. The summed E-state index contributed by atoms with van der Waals surface area (Å²) in [6, 6.07) is 1.47. The van der Waals surface area contributed by atoms with E-state index in [0.29, 0.717) is 6.04 Å². The van der Waals surface area contributed by atoms with Crippen molar-refractivity contribution in [1.82, 2.24) is 10.2 Å². The molecule has 3 nitrogen and oxygen atoms in total. The van der Waals surface area contributed by atoms with Crippen LogP contribution >= 0.6 is 0 Å². The summed E-state index contributed by atoms with van der Waals surface area (Å²) in [4.78, 5) is 2.67. The van der Waals surface area contributed by atoms with E-state index in [-0.39, 0.29) is 0 Å². The van der Waals surface area contributed by atoms with Gasteiger partial charge in [-0.2, -0.15) is 0 Å². The number of rotatable bonds is 1. The second-order valence-electron chi connectivity index (χ2n) is 4.49. The number of hydrogen-bond acceptors (Lipinski definition) is 3. The summed E-state index contributed by atoms with van der Waals surface area (Å²) in [6.07, 6.45) is 3.79. The average Bonchev–Trinajstić information content (AvgIpc) is 2.47. The van der Waals surface area contributed by atoms with E-state index in [2.05, 4.69) is 17.1 Å². The zero-order chi connectivity index (χ0) is 9.80. The highest BCUT2D eigenvalue weighted by molar-refractivity contribution is 4.83. The molecule has 2 atom stereocenters. The maximum atomic E-state index is 5.51. The molecule has 2 rings (SSSR count). The van der Waals surface area contributed by atoms with Crippen molar-refractivity contribution >= 4 is 0 Å². The quantitative estimate of drug-likeness (QED) is 0.676. The highest BCUT2D eigenvalue weighted by Crippen LogP contribution is 2.18. The summed E-state index contributed by atoms with van der Waals surface area (Å²) in [5.74, 6) is 0. The summed E-state index contributed by atoms with van der Waals surface area (Å²) in [7, 11) is 0. The molecule has 0 aromatic rings. The molecule has 1 N–H and O–H groups in total. The van der Waals surface area contributed by atoms with Crippen molar-refractivity contribution in [3.63, 3.8) is 0 Å². The molecule has 0 saturated carbocycles. The number of ether oxygens (including phenoxy) is 1. The second-order valence-corrected chi connectivity index (χ2v) is 4.49. The van der Waals surface area contributed by atoms with Crippen LogP contribution in [-0.2, 0) is 4.74 Å². The summed E-state index contributed by atoms with van der Waals surface area (Å²) in [5, 5.41) is 3.45. The maximum Gasteiger partial charge on any atom is 0.0480 e. The molecule has 14 heavy (non-hydrogen) atoms. The van der Waals surface area contributed by atoms with Crippen LogP contribution in [0.5, 0.6) is 0 Å². The lowest BCUT2D eigenvalue weighted by molar-refractivity contribution is 0.0941. The SMILES string of the molecule is CC1CNCCN1C1CCCOCC1. The molecule has 2 aliphatic rings. The molecular formula is C11H22N2O. The Labute approximate surface area is 86.8 Å². The Bertz CT molecular complexity index is 167. The van der Waals surface area contributed by atoms with Gasteiger partial charge in [-0.1, -0.05) is 0 Å². The van der Waals surface area contributed by atoms with Crippen LogP contribution < -0.4 is 5.32 Å². The second kappa shape index (κ2) is 5.10. The molecule has 0 amide bonds. The lowest BCUT2D eigenvalue weighted by Gasteiger charge is -2.39. The zero-order valence-electron chi connectivity index (χ0n) is 9.17. The molecule has 82 valence electrons. The first kappa shape index (κ1) is 10.4. The van der Waals surface area contributed by atoms with Crippen LogP contribution in [-0.4, -0.2) is 49.8 Å². The van der Waals surface area contributed by atoms with E-state index in [1.165, 1.54) is 25.8 Å². The molecule has 2 aliphatic heterocycles. The minimum Gasteiger partial charge on any atom is -0.381 e. The molecule has 0 bridgehead atoms. The Hall–Kier alpha value is -0.120. The molecule has 2 heterocycles. The van der Waals surface area contributed by atoms with Crippen LogP contribution in [0.3, 0.4) is 0 Å². The highest BCUT2D eigenvalue weighted by Gasteiger charge is 2.26. The lowest BCUT2D eigenvalue weighted by atomic mass is 10.0. The topological polar surface area (TPSA) is 24.5 Å². The van der Waals surface area contributed by atoms with Gasteiger partial charge >= 0.3 is 0 Å². The molecule has 0 aromatic carbocycles. The third-order valence-corrected chi connectivity index (χ3v) is 3.44. The van der Waals surface area contributed by atoms with Crippen LogP contribution in [0.25, 0.3) is 0 Å². The molecule has 0 spiro atoms. The average molecular weight is 198 g/mol. The fourth-order valence-corrected chi connectivity index (χ4v) is 2.62. The lowest BCUT2D eigenvalue weighted by Crippen LogP contribution is -2.53. The number of piperazine rings is 1. The Kier molecular flexibility index (Phi) is 3.79. The first-order valence-corrected chi connectivity index (χ1v) is 5.92. The van der Waals surface area contributed by atoms with Crippen molar-refractivity contribution in [2.75, 3.05) is 32.8 Å². The van der Waals surface area contributed by atoms with Crippen molar-refractivity contribution in [1.29, 1.82) is 0 Å². The van der Waals surface area contributed by atoms with E-state index < -0.39 is 0 Å². The normalized spacial score (nSPS) is 36.6. The van der Waals surface area contributed by atoms with Gasteiger partial charge in [0.05, 0.1) is 0 Å². The maximum absolute atomic E-state index is 5.51. The van der Waals surface area contributed by atoms with E-state index in [1.54, 1.807) is 0 Å². The van der Waals surface area contributed by atoms with Crippen molar-refractivity contribution < 1.29 is 4.74 Å². The summed E-state index contributed by atoms with van der Waals surface area (Å²) in [6.45, 7) is 7.78. The first-order valence-electron chi connectivity index (χ1n) is 5.92. The third kappa shape index (κ3) is 2.47. The van der Waals surface area contributed by atoms with E-state index >= 15 is 0 Å². The Balaban J connectivity index is 1.90. The van der Waals surface area contributed by atoms with Gasteiger partial charge in [-0.15, -0.1) is 0 Å². The van der Waals surface area contributed by atoms with Gasteiger partial charge in [0.15, 0.2) is 0 Å². The predicted molar refractivity (Wildman–Crippen MR) is 57.5 cm³/mol. The minimum absolute atomic E-state index is 0.701. The number of hydrogen-bond donors (Lipinski definition) is 1. The number of nitrogens with one attached hydrogen (secondary N) is 1. The van der Waals surface area contributed by atoms with Crippen LogP contribution in [0.4, 0.5) is 0 Å². The molecule has 2 unspecified atom stereocenters. The van der Waals surface area contributed by atoms with E-state index in [4.69, 9.17) is 4.74 Å². The Morgan fingerprint density at radius 3 is 3.07 bits per heavy atom. The van der Waals surface area contributed by atoms with Crippen molar-refractivity contribution in [3.8, 4) is 0 Å². The molecular weight excluding hydrogens is 176 g/mol. The molecule has 3 heteroatoms. The van der Waals surface area contributed by atoms with Crippen LogP contribution in [0, 0.1) is 0 Å². The zero-order valence-corrected chi connectivity index (χ0v) is 9.17. The minimum atomic E-state index is 0.701.